The number of para-hydroxylation sites is 1. The van der Waals surface area contributed by atoms with Gasteiger partial charge in [0.05, 0.1) is 11.1 Å². The number of nitrogens with two attached hydrogens (primary N) is 1. The molecule has 5 heterocycles. The maximum absolute atomic E-state index is 14.0. The van der Waals surface area contributed by atoms with Crippen LogP contribution in [0.15, 0.2) is 59.5 Å². The summed E-state index contributed by atoms with van der Waals surface area (Å²) in [6.07, 6.45) is 1.84. The lowest BCUT2D eigenvalue weighted by Gasteiger charge is -2.34. The highest BCUT2D eigenvalue weighted by Crippen LogP contribution is 2.39. The molecule has 2 aliphatic rings. The molecular formula is C24H21BrN8O3. The van der Waals surface area contributed by atoms with Gasteiger partial charge in [-0.2, -0.15) is 4.68 Å². The molecule has 0 aliphatic carbocycles. The van der Waals surface area contributed by atoms with E-state index < -0.39 is 12.1 Å². The highest BCUT2D eigenvalue weighted by atomic mass is 79.9. The molecule has 1 fully saturated rings. The molecule has 1 aromatic carbocycles. The number of carbonyl (C=O) groups excluding carboxylic acids is 2. The number of hydrogen-bond donors (Lipinski definition) is 2. The lowest BCUT2D eigenvalue weighted by Crippen LogP contribution is -2.55. The van der Waals surface area contributed by atoms with E-state index in [0.29, 0.717) is 51.7 Å². The molecule has 2 atom stereocenters. The van der Waals surface area contributed by atoms with E-state index in [-0.39, 0.29) is 11.8 Å². The van der Waals surface area contributed by atoms with Crippen molar-refractivity contribution < 1.29 is 14.4 Å². The normalized spacial score (nSPS) is 18.5. The number of halogens is 1. The van der Waals surface area contributed by atoms with Gasteiger partial charge in [-0.1, -0.05) is 25.1 Å². The van der Waals surface area contributed by atoms with E-state index >= 15 is 0 Å². The number of amides is 3. The first kappa shape index (κ1) is 22.3. The summed E-state index contributed by atoms with van der Waals surface area (Å²) in [4.78, 5) is 47.6. The molecule has 2 aliphatic heterocycles. The topological polar surface area (TPSA) is 132 Å². The fourth-order valence-corrected chi connectivity index (χ4v) is 5.06. The van der Waals surface area contributed by atoms with Crippen molar-refractivity contribution in [1.29, 1.82) is 0 Å². The highest BCUT2D eigenvalue weighted by Gasteiger charge is 2.43. The molecule has 3 aromatic heterocycles. The molecule has 11 nitrogen and oxygen atoms in total. The first-order chi connectivity index (χ1) is 17.4. The Bertz CT molecular complexity index is 1520. The van der Waals surface area contributed by atoms with Gasteiger partial charge in [-0.15, -0.1) is 0 Å². The van der Waals surface area contributed by atoms with Crippen molar-refractivity contribution in [3.05, 3.63) is 59.5 Å². The van der Waals surface area contributed by atoms with Crippen molar-refractivity contribution >= 4 is 50.5 Å². The van der Waals surface area contributed by atoms with Crippen LogP contribution in [0.25, 0.3) is 22.3 Å². The summed E-state index contributed by atoms with van der Waals surface area (Å²) in [6.45, 7) is 2.39. The Morgan fingerprint density at radius 3 is 2.83 bits per heavy atom. The monoisotopic (exact) mass is 548 g/mol. The third-order valence-electron chi connectivity index (χ3n) is 6.32. The van der Waals surface area contributed by atoms with Gasteiger partial charge >= 0.3 is 6.03 Å². The number of anilines is 2. The van der Waals surface area contributed by atoms with E-state index in [1.807, 2.05) is 31.2 Å². The smallest absolute Gasteiger partial charge is 0.374 e. The summed E-state index contributed by atoms with van der Waals surface area (Å²) < 4.78 is 2.17. The number of carbonyl (C=O) groups is 2. The summed E-state index contributed by atoms with van der Waals surface area (Å²) in [6, 6.07) is 13.3. The summed E-state index contributed by atoms with van der Waals surface area (Å²) in [5.74, 6) is 0.978. The third kappa shape index (κ3) is 3.61. The van der Waals surface area contributed by atoms with Crippen LogP contribution in [0.3, 0.4) is 0 Å². The van der Waals surface area contributed by atoms with E-state index in [1.165, 1.54) is 11.2 Å². The largest absolute Gasteiger partial charge is 0.383 e. The Morgan fingerprint density at radius 1 is 1.17 bits per heavy atom. The summed E-state index contributed by atoms with van der Waals surface area (Å²) in [5.41, 5.74) is 8.00. The van der Waals surface area contributed by atoms with E-state index in [9.17, 15) is 9.59 Å². The predicted octanol–water partition coefficient (Wildman–Crippen LogP) is 3.55. The first-order valence-electron chi connectivity index (χ1n) is 11.3. The Kier molecular flexibility index (Phi) is 5.25. The first-order valence-corrected chi connectivity index (χ1v) is 12.1. The predicted molar refractivity (Wildman–Crippen MR) is 136 cm³/mol. The minimum absolute atomic E-state index is 0.107. The number of nitrogen functional groups attached to an aromatic ring is 1. The van der Waals surface area contributed by atoms with Crippen molar-refractivity contribution in [3.63, 3.8) is 0 Å². The second-order valence-corrected chi connectivity index (χ2v) is 9.64. The van der Waals surface area contributed by atoms with Crippen LogP contribution in [-0.4, -0.2) is 49.1 Å². The number of aromatic nitrogens is 4. The molecule has 0 spiro atoms. The molecule has 36 heavy (non-hydrogen) atoms. The van der Waals surface area contributed by atoms with Crippen molar-refractivity contribution in [2.45, 2.75) is 19.4 Å². The number of hydrogen-bond acceptors (Lipinski definition) is 7. The molecule has 4 aromatic rings. The minimum Gasteiger partial charge on any atom is -0.383 e. The zero-order valence-corrected chi connectivity index (χ0v) is 20.7. The maximum atomic E-state index is 14.0. The molecule has 1 saturated heterocycles. The van der Waals surface area contributed by atoms with Gasteiger partial charge in [0.1, 0.15) is 28.6 Å². The zero-order chi connectivity index (χ0) is 25.0. The van der Waals surface area contributed by atoms with Crippen LogP contribution >= 0.6 is 15.9 Å². The van der Waals surface area contributed by atoms with Gasteiger partial charge in [0.15, 0.2) is 11.4 Å². The number of hydroxylamine groups is 1. The van der Waals surface area contributed by atoms with E-state index in [0.717, 1.165) is 10.7 Å². The molecule has 182 valence electrons. The fraction of sp³-hybridized carbons (Fsp3) is 0.208. The number of nitrogens with zero attached hydrogens (tertiary/aromatic N) is 6. The second-order valence-electron chi connectivity index (χ2n) is 8.82. The Hall–Kier alpha value is -4.19. The van der Waals surface area contributed by atoms with Crippen molar-refractivity contribution in [2.24, 2.45) is 5.92 Å². The van der Waals surface area contributed by atoms with Gasteiger partial charge in [0.2, 0.25) is 5.91 Å². The van der Waals surface area contributed by atoms with E-state index in [1.54, 1.807) is 28.9 Å². The third-order valence-corrected chi connectivity index (χ3v) is 6.76. The summed E-state index contributed by atoms with van der Waals surface area (Å²) in [7, 11) is 0. The van der Waals surface area contributed by atoms with E-state index in [2.05, 4.69) is 36.2 Å². The number of nitrogens with one attached hydrogen (secondary N) is 1. The molecule has 6 rings (SSSR count). The number of fused-ring (bicyclic) bond motifs is 5. The molecule has 12 heteroatoms. The van der Waals surface area contributed by atoms with Crippen LogP contribution < -0.4 is 21.1 Å². The van der Waals surface area contributed by atoms with E-state index in [4.69, 9.17) is 10.6 Å². The average Bonchev–Trinajstić information content (AvgIpc) is 3.45. The average molecular weight is 549 g/mol. The number of rotatable bonds is 2. The molecule has 0 saturated carbocycles. The Labute approximate surface area is 213 Å². The SMILES string of the molecule is C[C@H]1C[C@H](C(=O)Nc2cccc(Br)n2)N(C(=O)N2Oc3ccccc3-c3cc4c(N)ncnc4n32)C1. The van der Waals surface area contributed by atoms with Gasteiger partial charge in [0.25, 0.3) is 0 Å². The van der Waals surface area contributed by atoms with Gasteiger partial charge in [-0.25, -0.2) is 19.7 Å². The molecule has 3 amide bonds. The van der Waals surface area contributed by atoms with Crippen LogP contribution in [0.2, 0.25) is 0 Å². The van der Waals surface area contributed by atoms with Gasteiger partial charge < -0.3 is 20.8 Å². The van der Waals surface area contributed by atoms with Crippen LogP contribution in [0.5, 0.6) is 5.75 Å². The Morgan fingerprint density at radius 2 is 2.00 bits per heavy atom. The quantitative estimate of drug-likeness (QED) is 0.366. The summed E-state index contributed by atoms with van der Waals surface area (Å²) in [5, 5.41) is 4.56. The lowest BCUT2D eigenvalue weighted by molar-refractivity contribution is -0.119. The highest BCUT2D eigenvalue weighted by molar-refractivity contribution is 9.10. The van der Waals surface area contributed by atoms with Crippen molar-refractivity contribution in [1.82, 2.24) is 24.5 Å². The van der Waals surface area contributed by atoms with Crippen LogP contribution in [-0.2, 0) is 4.79 Å². The standard InChI is InChI=1S/C24H21BrN8O3/c1-13-9-17(23(34)30-20-8-4-7-19(25)29-20)31(11-13)24(35)33-32-16(14-5-2-3-6-18(14)36-33)10-15-21(26)27-12-28-22(15)32/h2-8,10,12-13,17H,9,11H2,1H3,(H2,26,27,28)(H,29,30,34)/t13-,17+/m0/s1. The number of urea groups is 1. The molecular weight excluding hydrogens is 528 g/mol. The molecule has 3 N–H and O–H groups in total. The van der Waals surface area contributed by atoms with Crippen LogP contribution in [0.4, 0.5) is 16.4 Å². The molecule has 0 unspecified atom stereocenters. The minimum atomic E-state index is -0.709. The molecule has 0 radical (unpaired) electrons. The van der Waals surface area contributed by atoms with Crippen LogP contribution in [0.1, 0.15) is 13.3 Å². The van der Waals surface area contributed by atoms with Gasteiger partial charge in [-0.3, -0.25) is 4.79 Å². The van der Waals surface area contributed by atoms with Gasteiger partial charge in [0, 0.05) is 12.1 Å². The second kappa shape index (κ2) is 8.48. The zero-order valence-electron chi connectivity index (χ0n) is 19.1. The van der Waals surface area contributed by atoms with Gasteiger partial charge in [-0.05, 0) is 63.8 Å². The molecule has 0 bridgehead atoms. The fourth-order valence-electron chi connectivity index (χ4n) is 4.71. The summed E-state index contributed by atoms with van der Waals surface area (Å²) >= 11 is 3.31. The van der Waals surface area contributed by atoms with Crippen LogP contribution in [0, 0.1) is 5.92 Å². The number of likely N-dealkylation sites (tertiary alicyclic amines) is 1. The maximum Gasteiger partial charge on any atom is 0.374 e. The van der Waals surface area contributed by atoms with Crippen molar-refractivity contribution in [3.8, 4) is 17.0 Å². The Balaban J connectivity index is 1.38. The lowest BCUT2D eigenvalue weighted by atomic mass is 10.1. The van der Waals surface area contributed by atoms with Crippen molar-refractivity contribution in [2.75, 3.05) is 22.8 Å². The number of pyridine rings is 1. The number of benzene rings is 1.